The van der Waals surface area contributed by atoms with Crippen LogP contribution in [-0.2, 0) is 0 Å². The first-order valence-corrected chi connectivity index (χ1v) is 1.30. The number of nitrogens with one attached hydrogen (secondary N) is 1. The van der Waals surface area contributed by atoms with Crippen molar-refractivity contribution in [1.82, 2.24) is 15.4 Å². The van der Waals surface area contributed by atoms with Gasteiger partial charge in [-0.2, -0.15) is 15.4 Å². The van der Waals surface area contributed by atoms with Gasteiger partial charge in [-0.1, -0.05) is 0 Å². The second kappa shape index (κ2) is 9.39. The first kappa shape index (κ1) is 15.7. The van der Waals surface area contributed by atoms with Gasteiger partial charge in [-0.25, -0.2) is 0 Å². The van der Waals surface area contributed by atoms with Crippen molar-refractivity contribution in [2.75, 3.05) is 0 Å². The second-order valence-electron chi connectivity index (χ2n) is 0.656. The molecule has 0 amide bonds. The summed E-state index contributed by atoms with van der Waals surface area (Å²) in [4.78, 5) is 0. The number of H-pyrrole nitrogens is 1. The molecular weight excluding hydrogens is 114 g/mol. The molecule has 0 bridgehead atoms. The molecule has 0 saturated heterocycles. The molecule has 0 unspecified atom stereocenters. The highest BCUT2D eigenvalue weighted by Crippen LogP contribution is 1.55. The summed E-state index contributed by atoms with van der Waals surface area (Å²) in [5, 5.41) is 9.33. The maximum atomic E-state index is 3.49. The standard InChI is InChI=1S/C2H3N3.3H2O/c1-2-4-5-3-1;;;/h1-2H,(H,3,4,5);3*1H2. The molecule has 8 heavy (non-hydrogen) atoms. The van der Waals surface area contributed by atoms with Gasteiger partial charge in [0.25, 0.3) is 0 Å². The minimum atomic E-state index is 0. The predicted octanol–water partition coefficient (Wildman–Crippen LogP) is -2.67. The van der Waals surface area contributed by atoms with Crippen LogP contribution in [0.25, 0.3) is 0 Å². The Kier molecular flexibility index (Phi) is 18.5. The Balaban J connectivity index is -0.0000000833. The SMILES string of the molecule is O.O.O.c1cn[nH]n1. The molecule has 1 heterocycles. The lowest BCUT2D eigenvalue weighted by Gasteiger charge is -1.48. The molecule has 0 aliphatic heterocycles. The second-order valence-corrected chi connectivity index (χ2v) is 0.656. The topological polar surface area (TPSA) is 136 Å². The summed E-state index contributed by atoms with van der Waals surface area (Å²) >= 11 is 0. The van der Waals surface area contributed by atoms with Gasteiger partial charge in [0.15, 0.2) is 0 Å². The van der Waals surface area contributed by atoms with E-state index in [4.69, 9.17) is 0 Å². The quantitative estimate of drug-likeness (QED) is 0.402. The van der Waals surface area contributed by atoms with Gasteiger partial charge in [-0.15, -0.1) is 0 Å². The minimum Gasteiger partial charge on any atom is -0.412 e. The zero-order chi connectivity index (χ0) is 3.54. The van der Waals surface area contributed by atoms with Crippen molar-refractivity contribution in [1.29, 1.82) is 0 Å². The third-order valence-corrected chi connectivity index (χ3v) is 0.331. The summed E-state index contributed by atoms with van der Waals surface area (Å²) in [5.41, 5.74) is 0. The zero-order valence-corrected chi connectivity index (χ0v) is 4.05. The molecule has 0 aliphatic carbocycles. The van der Waals surface area contributed by atoms with Crippen molar-refractivity contribution in [3.63, 3.8) is 0 Å². The largest absolute Gasteiger partial charge is 0.412 e. The van der Waals surface area contributed by atoms with Gasteiger partial charge in [-0.3, -0.25) is 0 Å². The van der Waals surface area contributed by atoms with Gasteiger partial charge in [0.2, 0.25) is 0 Å². The third-order valence-electron chi connectivity index (χ3n) is 0.331. The van der Waals surface area contributed by atoms with E-state index in [9.17, 15) is 0 Å². The lowest BCUT2D eigenvalue weighted by Crippen LogP contribution is -1.61. The van der Waals surface area contributed by atoms with E-state index in [1.807, 2.05) is 0 Å². The Morgan fingerprint density at radius 2 is 1.25 bits per heavy atom. The number of nitrogens with zero attached hydrogens (tertiary/aromatic N) is 2. The normalized spacial score (nSPS) is 5.00. The molecule has 0 atom stereocenters. The Hall–Kier alpha value is -0.980. The number of rotatable bonds is 0. The van der Waals surface area contributed by atoms with Crippen LogP contribution in [-0.4, -0.2) is 31.8 Å². The number of aromatic amines is 1. The molecule has 0 aromatic carbocycles. The van der Waals surface area contributed by atoms with Crippen molar-refractivity contribution in [2.24, 2.45) is 0 Å². The van der Waals surface area contributed by atoms with Crippen molar-refractivity contribution in [3.8, 4) is 0 Å². The van der Waals surface area contributed by atoms with Crippen LogP contribution in [0.1, 0.15) is 0 Å². The fraction of sp³-hybridized carbons (Fsp3) is 0. The number of hydrogen-bond acceptors (Lipinski definition) is 2. The summed E-state index contributed by atoms with van der Waals surface area (Å²) in [6.07, 6.45) is 3.17. The smallest absolute Gasteiger partial charge is 0.0690 e. The summed E-state index contributed by atoms with van der Waals surface area (Å²) < 4.78 is 0. The monoisotopic (exact) mass is 123 g/mol. The van der Waals surface area contributed by atoms with E-state index in [1.54, 1.807) is 12.4 Å². The minimum absolute atomic E-state index is 0. The van der Waals surface area contributed by atoms with Gasteiger partial charge in [0, 0.05) is 0 Å². The fourth-order valence-electron chi connectivity index (χ4n) is 0.167. The highest BCUT2D eigenvalue weighted by Gasteiger charge is 1.57. The van der Waals surface area contributed by atoms with Crippen LogP contribution in [0.2, 0.25) is 0 Å². The molecule has 1 rings (SSSR count). The van der Waals surface area contributed by atoms with Crippen molar-refractivity contribution < 1.29 is 16.4 Å². The van der Waals surface area contributed by atoms with Crippen LogP contribution in [0.4, 0.5) is 0 Å². The number of aromatic nitrogens is 3. The highest BCUT2D eigenvalue weighted by atomic mass is 16.0. The van der Waals surface area contributed by atoms with E-state index in [-0.39, 0.29) is 16.4 Å². The number of hydrogen-bond donors (Lipinski definition) is 1. The molecule has 0 spiro atoms. The Bertz CT molecular complexity index is 69.0. The highest BCUT2D eigenvalue weighted by molar-refractivity contribution is 4.54. The van der Waals surface area contributed by atoms with Gasteiger partial charge < -0.3 is 16.4 Å². The van der Waals surface area contributed by atoms with Crippen LogP contribution in [0.3, 0.4) is 0 Å². The average molecular weight is 123 g/mol. The summed E-state index contributed by atoms with van der Waals surface area (Å²) in [7, 11) is 0. The molecule has 0 radical (unpaired) electrons. The van der Waals surface area contributed by atoms with E-state index >= 15 is 0 Å². The van der Waals surface area contributed by atoms with Crippen LogP contribution >= 0.6 is 0 Å². The maximum Gasteiger partial charge on any atom is 0.0690 e. The molecule has 6 nitrogen and oxygen atoms in total. The van der Waals surface area contributed by atoms with Crippen molar-refractivity contribution in [3.05, 3.63) is 12.4 Å². The van der Waals surface area contributed by atoms with Crippen molar-refractivity contribution in [2.45, 2.75) is 0 Å². The maximum absolute atomic E-state index is 3.49. The van der Waals surface area contributed by atoms with E-state index in [0.717, 1.165) is 0 Å². The first-order valence-electron chi connectivity index (χ1n) is 1.30. The lowest BCUT2D eigenvalue weighted by atomic mass is 11.0. The van der Waals surface area contributed by atoms with E-state index in [1.165, 1.54) is 0 Å². The summed E-state index contributed by atoms with van der Waals surface area (Å²) in [6.45, 7) is 0. The fourth-order valence-corrected chi connectivity index (χ4v) is 0.167. The Morgan fingerprint density at radius 1 is 0.875 bits per heavy atom. The average Bonchev–Trinajstić information content (AvgIpc) is 1.76. The van der Waals surface area contributed by atoms with Crippen LogP contribution in [0.15, 0.2) is 12.4 Å². The van der Waals surface area contributed by atoms with Crippen molar-refractivity contribution >= 4 is 0 Å². The van der Waals surface area contributed by atoms with Gasteiger partial charge in [0.1, 0.15) is 0 Å². The third kappa shape index (κ3) is 5.02. The molecule has 1 aromatic rings. The van der Waals surface area contributed by atoms with E-state index in [0.29, 0.717) is 0 Å². The zero-order valence-electron chi connectivity index (χ0n) is 4.05. The molecule has 50 valence electrons. The van der Waals surface area contributed by atoms with E-state index in [2.05, 4.69) is 15.4 Å². The summed E-state index contributed by atoms with van der Waals surface area (Å²) in [6, 6.07) is 0. The Morgan fingerprint density at radius 3 is 1.38 bits per heavy atom. The lowest BCUT2D eigenvalue weighted by molar-refractivity contribution is 0.823. The first-order chi connectivity index (χ1) is 2.50. The molecule has 6 heteroatoms. The molecule has 0 fully saturated rings. The molecular formula is C2H9N3O3. The van der Waals surface area contributed by atoms with Gasteiger partial charge in [-0.05, 0) is 0 Å². The molecule has 0 saturated carbocycles. The molecule has 1 aromatic heterocycles. The molecule has 7 N–H and O–H groups in total. The summed E-state index contributed by atoms with van der Waals surface area (Å²) in [5.74, 6) is 0. The predicted molar refractivity (Wildman–Crippen MR) is 27.2 cm³/mol. The van der Waals surface area contributed by atoms with Crippen LogP contribution < -0.4 is 0 Å². The van der Waals surface area contributed by atoms with E-state index < -0.39 is 0 Å². The molecule has 0 aliphatic rings. The van der Waals surface area contributed by atoms with Crippen LogP contribution in [0, 0.1) is 0 Å². The van der Waals surface area contributed by atoms with Crippen LogP contribution in [0.5, 0.6) is 0 Å². The Labute approximate surface area is 45.5 Å². The van der Waals surface area contributed by atoms with Gasteiger partial charge >= 0.3 is 0 Å². The van der Waals surface area contributed by atoms with Gasteiger partial charge in [0.05, 0.1) is 12.4 Å².